The smallest absolute Gasteiger partial charge is 0.0709 e. The summed E-state index contributed by atoms with van der Waals surface area (Å²) >= 11 is 0. The highest BCUT2D eigenvalue weighted by molar-refractivity contribution is 5.91. The summed E-state index contributed by atoms with van der Waals surface area (Å²) in [6, 6.07) is 33.1. The van der Waals surface area contributed by atoms with E-state index in [4.69, 9.17) is 9.98 Å². The Labute approximate surface area is 202 Å². The topological polar surface area (TPSA) is 31.2 Å². The van der Waals surface area contributed by atoms with E-state index in [1.807, 2.05) is 77.0 Å². The lowest BCUT2D eigenvalue weighted by Gasteiger charge is -2.12. The SMILES string of the molecule is CN(C)c1ccc(C=Nc2ccccc2-c2ccccc2N=Cc2ccc(N(C)C)cc2)cc1. The zero-order valence-corrected chi connectivity index (χ0v) is 20.2. The maximum atomic E-state index is 4.82. The molecule has 0 fully saturated rings. The average molecular weight is 447 g/mol. The normalized spacial score (nSPS) is 11.3. The number of para-hydroxylation sites is 2. The maximum Gasteiger partial charge on any atom is 0.0709 e. The molecule has 0 heterocycles. The van der Waals surface area contributed by atoms with E-state index in [1.165, 1.54) is 11.4 Å². The highest BCUT2D eigenvalue weighted by Crippen LogP contribution is 2.36. The molecule has 4 nitrogen and oxygen atoms in total. The van der Waals surface area contributed by atoms with Crippen molar-refractivity contribution in [2.75, 3.05) is 38.0 Å². The average Bonchev–Trinajstić information content (AvgIpc) is 2.87. The van der Waals surface area contributed by atoms with Crippen molar-refractivity contribution in [1.29, 1.82) is 0 Å². The van der Waals surface area contributed by atoms with E-state index in [1.54, 1.807) is 0 Å². The van der Waals surface area contributed by atoms with Crippen LogP contribution in [0.1, 0.15) is 11.1 Å². The molecule has 0 aromatic heterocycles. The van der Waals surface area contributed by atoms with Gasteiger partial charge in [-0.25, -0.2) is 0 Å². The fourth-order valence-corrected chi connectivity index (χ4v) is 3.63. The Morgan fingerprint density at radius 2 is 0.824 bits per heavy atom. The molecule has 4 heteroatoms. The molecule has 0 aliphatic rings. The molecule has 34 heavy (non-hydrogen) atoms. The lowest BCUT2D eigenvalue weighted by atomic mass is 10.0. The van der Waals surface area contributed by atoms with Crippen LogP contribution < -0.4 is 9.80 Å². The van der Waals surface area contributed by atoms with Gasteiger partial charge in [-0.3, -0.25) is 9.98 Å². The predicted octanol–water partition coefficient (Wildman–Crippen LogP) is 6.99. The molecular weight excluding hydrogens is 416 g/mol. The van der Waals surface area contributed by atoms with E-state index >= 15 is 0 Å². The lowest BCUT2D eigenvalue weighted by Crippen LogP contribution is -2.08. The Bertz CT molecular complexity index is 1180. The zero-order chi connectivity index (χ0) is 23.9. The van der Waals surface area contributed by atoms with Crippen LogP contribution in [0.25, 0.3) is 11.1 Å². The van der Waals surface area contributed by atoms with Crippen molar-refractivity contribution in [3.8, 4) is 11.1 Å². The molecule has 0 spiro atoms. The van der Waals surface area contributed by atoms with Crippen LogP contribution in [0, 0.1) is 0 Å². The molecule has 4 rings (SSSR count). The first-order valence-corrected chi connectivity index (χ1v) is 11.3. The fourth-order valence-electron chi connectivity index (χ4n) is 3.63. The predicted molar refractivity (Wildman–Crippen MR) is 148 cm³/mol. The monoisotopic (exact) mass is 446 g/mol. The van der Waals surface area contributed by atoms with Crippen molar-refractivity contribution in [2.24, 2.45) is 9.98 Å². The third-order valence-electron chi connectivity index (χ3n) is 5.62. The Morgan fingerprint density at radius 1 is 0.471 bits per heavy atom. The van der Waals surface area contributed by atoms with Crippen LogP contribution in [0.2, 0.25) is 0 Å². The van der Waals surface area contributed by atoms with Crippen LogP contribution in [-0.4, -0.2) is 40.6 Å². The lowest BCUT2D eigenvalue weighted by molar-refractivity contribution is 1.13. The number of aliphatic imine (C=N–C) groups is 2. The Morgan fingerprint density at radius 3 is 1.18 bits per heavy atom. The molecule has 4 aromatic rings. The van der Waals surface area contributed by atoms with Gasteiger partial charge in [0.1, 0.15) is 0 Å². The first kappa shape index (κ1) is 23.0. The summed E-state index contributed by atoms with van der Waals surface area (Å²) in [4.78, 5) is 13.8. The second-order valence-electron chi connectivity index (χ2n) is 8.52. The molecule has 0 aliphatic carbocycles. The molecule has 170 valence electrons. The van der Waals surface area contributed by atoms with E-state index in [-0.39, 0.29) is 0 Å². The number of benzene rings is 4. The molecule has 0 amide bonds. The molecule has 0 atom stereocenters. The summed E-state index contributed by atoms with van der Waals surface area (Å²) in [6.07, 6.45) is 3.83. The van der Waals surface area contributed by atoms with Crippen LogP contribution >= 0.6 is 0 Å². The van der Waals surface area contributed by atoms with Gasteiger partial charge in [-0.05, 0) is 47.5 Å². The van der Waals surface area contributed by atoms with E-state index in [2.05, 4.69) is 70.5 Å². The van der Waals surface area contributed by atoms with E-state index in [0.29, 0.717) is 0 Å². The molecule has 0 unspecified atom stereocenters. The summed E-state index contributed by atoms with van der Waals surface area (Å²) in [5.74, 6) is 0. The van der Waals surface area contributed by atoms with Crippen LogP contribution in [0.4, 0.5) is 22.7 Å². The van der Waals surface area contributed by atoms with Gasteiger partial charge in [-0.15, -0.1) is 0 Å². The summed E-state index contributed by atoms with van der Waals surface area (Å²) < 4.78 is 0. The van der Waals surface area contributed by atoms with Gasteiger partial charge in [0.2, 0.25) is 0 Å². The van der Waals surface area contributed by atoms with Crippen molar-refractivity contribution < 1.29 is 0 Å². The number of anilines is 2. The van der Waals surface area contributed by atoms with Gasteiger partial charge in [0.05, 0.1) is 11.4 Å². The standard InChI is InChI=1S/C30H30N4/c1-33(2)25-17-13-23(14-18-25)21-31-29-11-7-5-9-27(29)28-10-6-8-12-30(28)32-22-24-15-19-26(20-16-24)34(3)4/h5-22H,1-4H3. The van der Waals surface area contributed by atoms with Crippen molar-refractivity contribution in [1.82, 2.24) is 0 Å². The van der Waals surface area contributed by atoms with Crippen molar-refractivity contribution >= 4 is 35.2 Å². The maximum absolute atomic E-state index is 4.82. The number of rotatable bonds is 7. The highest BCUT2D eigenvalue weighted by Gasteiger charge is 2.08. The minimum atomic E-state index is 0.914. The van der Waals surface area contributed by atoms with E-state index in [9.17, 15) is 0 Å². The Balaban J connectivity index is 1.62. The second-order valence-corrected chi connectivity index (χ2v) is 8.52. The molecule has 0 saturated heterocycles. The molecule has 0 radical (unpaired) electrons. The summed E-state index contributed by atoms with van der Waals surface area (Å²) in [5, 5.41) is 0. The molecule has 0 saturated carbocycles. The largest absolute Gasteiger partial charge is 0.378 e. The van der Waals surface area contributed by atoms with Gasteiger partial charge in [0.25, 0.3) is 0 Å². The van der Waals surface area contributed by atoms with Gasteiger partial charge < -0.3 is 9.80 Å². The summed E-state index contributed by atoms with van der Waals surface area (Å²) in [6.45, 7) is 0. The molecule has 4 aromatic carbocycles. The molecule has 0 bridgehead atoms. The van der Waals surface area contributed by atoms with Gasteiger partial charge >= 0.3 is 0 Å². The molecule has 0 aliphatic heterocycles. The van der Waals surface area contributed by atoms with Gasteiger partial charge in [0, 0.05) is 63.1 Å². The minimum Gasteiger partial charge on any atom is -0.378 e. The van der Waals surface area contributed by atoms with Crippen LogP contribution in [-0.2, 0) is 0 Å². The first-order chi connectivity index (χ1) is 16.5. The minimum absolute atomic E-state index is 0.914. The van der Waals surface area contributed by atoms with E-state index in [0.717, 1.165) is 33.6 Å². The summed E-state index contributed by atoms with van der Waals surface area (Å²) in [5.41, 5.74) is 8.40. The van der Waals surface area contributed by atoms with Crippen LogP contribution in [0.5, 0.6) is 0 Å². The highest BCUT2D eigenvalue weighted by atomic mass is 15.1. The Kier molecular flexibility index (Phi) is 7.19. The third-order valence-corrected chi connectivity index (χ3v) is 5.62. The third kappa shape index (κ3) is 5.59. The number of nitrogens with zero attached hydrogens (tertiary/aromatic N) is 4. The molecule has 0 N–H and O–H groups in total. The van der Waals surface area contributed by atoms with Gasteiger partial charge in [0.15, 0.2) is 0 Å². The van der Waals surface area contributed by atoms with Crippen molar-refractivity contribution in [2.45, 2.75) is 0 Å². The van der Waals surface area contributed by atoms with Gasteiger partial charge in [-0.2, -0.15) is 0 Å². The van der Waals surface area contributed by atoms with E-state index < -0.39 is 0 Å². The molecular formula is C30H30N4. The van der Waals surface area contributed by atoms with Gasteiger partial charge in [-0.1, -0.05) is 60.7 Å². The first-order valence-electron chi connectivity index (χ1n) is 11.3. The second kappa shape index (κ2) is 10.6. The quantitative estimate of drug-likeness (QED) is 0.287. The summed E-state index contributed by atoms with van der Waals surface area (Å²) in [7, 11) is 8.16. The van der Waals surface area contributed by atoms with Crippen LogP contribution in [0.15, 0.2) is 107 Å². The number of hydrogen-bond acceptors (Lipinski definition) is 4. The fraction of sp³-hybridized carbons (Fsp3) is 0.133. The van der Waals surface area contributed by atoms with Crippen molar-refractivity contribution in [3.63, 3.8) is 0 Å². The zero-order valence-electron chi connectivity index (χ0n) is 20.2. The van der Waals surface area contributed by atoms with Crippen LogP contribution in [0.3, 0.4) is 0 Å². The van der Waals surface area contributed by atoms with Crippen molar-refractivity contribution in [3.05, 3.63) is 108 Å². The Hall–Kier alpha value is -4.18. The number of hydrogen-bond donors (Lipinski definition) is 0.